The van der Waals surface area contributed by atoms with Gasteiger partial charge in [-0.05, 0) is 79.0 Å². The average Bonchev–Trinajstić information content (AvgIpc) is 3.36. The number of fused-ring (bicyclic) bond motifs is 2. The molecule has 2 heteroatoms. The van der Waals surface area contributed by atoms with Crippen LogP contribution in [-0.4, -0.2) is 5.78 Å². The zero-order valence-corrected chi connectivity index (χ0v) is 15.1. The lowest BCUT2D eigenvalue weighted by atomic mass is 9.79. The maximum absolute atomic E-state index is 13.0. The molecule has 5 rings (SSSR count). The molecule has 2 saturated carbocycles. The van der Waals surface area contributed by atoms with E-state index >= 15 is 0 Å². The van der Waals surface area contributed by atoms with Crippen molar-refractivity contribution < 1.29 is 4.79 Å². The number of carbonyl (C=O) groups is 1. The highest BCUT2D eigenvalue weighted by atomic mass is 35.5. The van der Waals surface area contributed by atoms with Crippen molar-refractivity contribution in [3.05, 3.63) is 70.2 Å². The van der Waals surface area contributed by atoms with Crippen molar-refractivity contribution in [3.63, 3.8) is 0 Å². The lowest BCUT2D eigenvalue weighted by Gasteiger charge is -2.23. The number of halogens is 1. The first-order chi connectivity index (χ1) is 12.2. The molecule has 0 spiro atoms. The number of hydrogen-bond acceptors (Lipinski definition) is 1. The Balaban J connectivity index is 1.32. The minimum Gasteiger partial charge on any atom is -0.294 e. The summed E-state index contributed by atoms with van der Waals surface area (Å²) >= 11 is 6.03. The number of ketones is 1. The van der Waals surface area contributed by atoms with Gasteiger partial charge in [0.2, 0.25) is 0 Å². The molecule has 3 aliphatic rings. The van der Waals surface area contributed by atoms with Crippen LogP contribution < -0.4 is 0 Å². The van der Waals surface area contributed by atoms with E-state index in [4.69, 9.17) is 11.6 Å². The molecule has 2 aromatic rings. The molecule has 0 bridgehead atoms. The van der Waals surface area contributed by atoms with Gasteiger partial charge in [0.05, 0.1) is 0 Å². The number of rotatable bonds is 2. The van der Waals surface area contributed by atoms with Gasteiger partial charge in [-0.2, -0.15) is 0 Å². The molecule has 5 atom stereocenters. The van der Waals surface area contributed by atoms with E-state index < -0.39 is 0 Å². The van der Waals surface area contributed by atoms with Gasteiger partial charge >= 0.3 is 0 Å². The van der Waals surface area contributed by atoms with Crippen LogP contribution in [0.15, 0.2) is 48.5 Å². The summed E-state index contributed by atoms with van der Waals surface area (Å²) in [6.07, 6.45) is 5.93. The quantitative estimate of drug-likeness (QED) is 0.657. The summed E-state index contributed by atoms with van der Waals surface area (Å²) in [7, 11) is 0. The first kappa shape index (κ1) is 15.6. The number of aryl methyl sites for hydroxylation is 1. The Hall–Kier alpha value is -1.60. The molecule has 1 nitrogen and oxygen atoms in total. The van der Waals surface area contributed by atoms with Gasteiger partial charge < -0.3 is 0 Å². The number of hydrogen-bond donors (Lipinski definition) is 0. The van der Waals surface area contributed by atoms with Gasteiger partial charge in [-0.1, -0.05) is 48.0 Å². The molecule has 25 heavy (non-hydrogen) atoms. The fraction of sp³-hybridized carbons (Fsp3) is 0.435. The molecule has 2 fully saturated rings. The summed E-state index contributed by atoms with van der Waals surface area (Å²) in [6, 6.07) is 16.6. The van der Waals surface area contributed by atoms with Crippen molar-refractivity contribution in [2.24, 2.45) is 23.7 Å². The van der Waals surface area contributed by atoms with Gasteiger partial charge in [0.1, 0.15) is 0 Å². The first-order valence-electron chi connectivity index (χ1n) is 9.60. The van der Waals surface area contributed by atoms with Crippen LogP contribution in [-0.2, 0) is 6.42 Å². The van der Waals surface area contributed by atoms with E-state index in [0.717, 1.165) is 35.3 Å². The predicted octanol–water partition coefficient (Wildman–Crippen LogP) is 5.92. The fourth-order valence-corrected chi connectivity index (χ4v) is 5.80. The summed E-state index contributed by atoms with van der Waals surface area (Å²) in [5.41, 5.74) is 3.68. The van der Waals surface area contributed by atoms with Crippen LogP contribution in [0, 0.1) is 23.7 Å². The maximum atomic E-state index is 13.0. The summed E-state index contributed by atoms with van der Waals surface area (Å²) in [5, 5.41) is 0.813. The van der Waals surface area contributed by atoms with E-state index in [1.165, 1.54) is 30.4 Å². The standard InChI is InChI=1S/C23H23ClO/c24-17-9-5-14(6-10-17)16-8-11-19-21(13-16)22(19)20-12-7-15-3-1-2-4-18(15)23(20)25/h1-6,9-10,16,19-22H,7-8,11-13H2/t16?,19-,20?,21-,22?/m1/s1. The van der Waals surface area contributed by atoms with Crippen molar-refractivity contribution in [1.29, 1.82) is 0 Å². The third-order valence-electron chi connectivity index (χ3n) is 6.95. The van der Waals surface area contributed by atoms with Crippen LogP contribution in [0.25, 0.3) is 0 Å². The van der Waals surface area contributed by atoms with Crippen LogP contribution in [0.5, 0.6) is 0 Å². The predicted molar refractivity (Wildman–Crippen MR) is 101 cm³/mol. The Bertz CT molecular complexity index is 809. The van der Waals surface area contributed by atoms with Crippen molar-refractivity contribution in [3.8, 4) is 0 Å². The van der Waals surface area contributed by atoms with Gasteiger partial charge in [-0.25, -0.2) is 0 Å². The molecule has 0 N–H and O–H groups in total. The molecule has 0 saturated heterocycles. The van der Waals surface area contributed by atoms with E-state index in [1.807, 2.05) is 24.3 Å². The summed E-state index contributed by atoms with van der Waals surface area (Å²) in [5.74, 6) is 3.53. The summed E-state index contributed by atoms with van der Waals surface area (Å²) in [4.78, 5) is 13.0. The monoisotopic (exact) mass is 350 g/mol. The third-order valence-corrected chi connectivity index (χ3v) is 7.21. The third kappa shape index (κ3) is 2.64. The Morgan fingerprint density at radius 1 is 0.880 bits per heavy atom. The molecule has 128 valence electrons. The molecule has 0 amide bonds. The van der Waals surface area contributed by atoms with Crippen LogP contribution >= 0.6 is 11.6 Å². The average molecular weight is 351 g/mol. The second-order valence-corrected chi connectivity index (χ2v) is 8.57. The van der Waals surface area contributed by atoms with E-state index in [0.29, 0.717) is 17.6 Å². The van der Waals surface area contributed by atoms with Crippen LogP contribution in [0.1, 0.15) is 53.1 Å². The van der Waals surface area contributed by atoms with Crippen LogP contribution in [0.2, 0.25) is 5.02 Å². The summed E-state index contributed by atoms with van der Waals surface area (Å²) in [6.45, 7) is 0. The molecular formula is C23H23ClO. The minimum absolute atomic E-state index is 0.272. The first-order valence-corrected chi connectivity index (χ1v) is 9.98. The normalized spacial score (nSPS) is 33.5. The molecule has 0 radical (unpaired) electrons. The van der Waals surface area contributed by atoms with Gasteiger partial charge in [-0.15, -0.1) is 0 Å². The Kier molecular flexibility index (Phi) is 3.74. The second kappa shape index (κ2) is 5.99. The zero-order chi connectivity index (χ0) is 17.0. The van der Waals surface area contributed by atoms with Crippen molar-refractivity contribution in [2.45, 2.75) is 38.0 Å². The largest absolute Gasteiger partial charge is 0.294 e. The molecule has 2 aromatic carbocycles. The second-order valence-electron chi connectivity index (χ2n) is 8.13. The van der Waals surface area contributed by atoms with Gasteiger partial charge in [-0.3, -0.25) is 4.79 Å². The van der Waals surface area contributed by atoms with Crippen LogP contribution in [0.3, 0.4) is 0 Å². The highest BCUT2D eigenvalue weighted by Gasteiger charge is 2.57. The molecule has 3 unspecified atom stereocenters. The number of carbonyl (C=O) groups excluding carboxylic acids is 1. The lowest BCUT2D eigenvalue weighted by molar-refractivity contribution is 0.0876. The van der Waals surface area contributed by atoms with Gasteiger partial charge in [0.25, 0.3) is 0 Å². The highest BCUT2D eigenvalue weighted by Crippen LogP contribution is 2.63. The number of benzene rings is 2. The van der Waals surface area contributed by atoms with E-state index in [9.17, 15) is 4.79 Å². The van der Waals surface area contributed by atoms with Gasteiger partial charge in [0.15, 0.2) is 5.78 Å². The van der Waals surface area contributed by atoms with Crippen molar-refractivity contribution in [2.75, 3.05) is 0 Å². The van der Waals surface area contributed by atoms with Crippen molar-refractivity contribution >= 4 is 17.4 Å². The minimum atomic E-state index is 0.272. The van der Waals surface area contributed by atoms with E-state index in [2.05, 4.69) is 24.3 Å². The molecule has 0 aliphatic heterocycles. The van der Waals surface area contributed by atoms with E-state index in [-0.39, 0.29) is 5.92 Å². The highest BCUT2D eigenvalue weighted by molar-refractivity contribution is 6.30. The lowest BCUT2D eigenvalue weighted by Crippen LogP contribution is -2.25. The Morgan fingerprint density at radius 2 is 1.68 bits per heavy atom. The SMILES string of the molecule is O=C1c2ccccc2CCC1C1[C@@H]2CCC(c3ccc(Cl)cc3)C[C@@H]12. The smallest absolute Gasteiger partial charge is 0.166 e. The zero-order valence-electron chi connectivity index (χ0n) is 14.3. The fourth-order valence-electron chi connectivity index (χ4n) is 5.68. The Morgan fingerprint density at radius 3 is 2.52 bits per heavy atom. The molecular weight excluding hydrogens is 328 g/mol. The van der Waals surface area contributed by atoms with Crippen LogP contribution in [0.4, 0.5) is 0 Å². The Labute approximate surface area is 154 Å². The molecule has 0 aromatic heterocycles. The topological polar surface area (TPSA) is 17.1 Å². The summed E-state index contributed by atoms with van der Waals surface area (Å²) < 4.78 is 0. The number of Topliss-reactive ketones (excluding diaryl/α,β-unsaturated/α-hetero) is 1. The maximum Gasteiger partial charge on any atom is 0.166 e. The molecule has 0 heterocycles. The van der Waals surface area contributed by atoms with Gasteiger partial charge in [0, 0.05) is 16.5 Å². The van der Waals surface area contributed by atoms with E-state index in [1.54, 1.807) is 0 Å². The molecule has 3 aliphatic carbocycles. The van der Waals surface area contributed by atoms with Crippen molar-refractivity contribution in [1.82, 2.24) is 0 Å².